The maximum Gasteiger partial charge on any atom is 0.303 e. The standard InChI is InChI=1S/C25H28ClN3O2/c1-17-7-11-22(12-8-17)29-25(24(26)18(2)27-29)28-14-13-20-15-19(9-10-21(20)16-28)5-3-4-6-23(30)31/h7-12,15H,3-6,13-14,16H2,1-2H3,(H,30,31). The summed E-state index contributed by atoms with van der Waals surface area (Å²) < 4.78 is 1.96. The molecule has 2 heterocycles. The Labute approximate surface area is 188 Å². The molecule has 6 heteroatoms. The maximum atomic E-state index is 10.7. The lowest BCUT2D eigenvalue weighted by molar-refractivity contribution is -0.137. The van der Waals surface area contributed by atoms with Gasteiger partial charge in [0, 0.05) is 19.5 Å². The molecule has 4 rings (SSSR count). The first-order chi connectivity index (χ1) is 14.9. The summed E-state index contributed by atoms with van der Waals surface area (Å²) in [6, 6.07) is 15.0. The van der Waals surface area contributed by atoms with Gasteiger partial charge in [-0.15, -0.1) is 0 Å². The van der Waals surface area contributed by atoms with Crippen LogP contribution in [-0.4, -0.2) is 27.4 Å². The average Bonchev–Trinajstić information content (AvgIpc) is 3.05. The van der Waals surface area contributed by atoms with Gasteiger partial charge in [-0.25, -0.2) is 4.68 Å². The van der Waals surface area contributed by atoms with E-state index in [1.54, 1.807) is 0 Å². The number of hydrogen-bond acceptors (Lipinski definition) is 3. The molecule has 0 bridgehead atoms. The minimum atomic E-state index is -0.718. The smallest absolute Gasteiger partial charge is 0.303 e. The molecule has 0 fully saturated rings. The highest BCUT2D eigenvalue weighted by Gasteiger charge is 2.24. The van der Waals surface area contributed by atoms with Gasteiger partial charge in [-0.2, -0.15) is 5.10 Å². The number of hydrogen-bond donors (Lipinski definition) is 1. The van der Waals surface area contributed by atoms with Crippen LogP contribution in [-0.2, 0) is 24.2 Å². The van der Waals surface area contributed by atoms with E-state index in [-0.39, 0.29) is 6.42 Å². The normalized spacial score (nSPS) is 13.3. The van der Waals surface area contributed by atoms with Crippen molar-refractivity contribution in [3.8, 4) is 5.69 Å². The van der Waals surface area contributed by atoms with E-state index in [0.717, 1.165) is 56.0 Å². The number of unbranched alkanes of at least 4 members (excludes halogenated alkanes) is 1. The summed E-state index contributed by atoms with van der Waals surface area (Å²) in [4.78, 5) is 13.0. The van der Waals surface area contributed by atoms with Gasteiger partial charge in [-0.05, 0) is 68.4 Å². The van der Waals surface area contributed by atoms with Gasteiger partial charge < -0.3 is 10.0 Å². The first-order valence-electron chi connectivity index (χ1n) is 10.8. The van der Waals surface area contributed by atoms with E-state index in [1.165, 1.54) is 22.3 Å². The van der Waals surface area contributed by atoms with Crippen LogP contribution in [0.2, 0.25) is 5.02 Å². The first kappa shape index (κ1) is 21.4. The van der Waals surface area contributed by atoms with E-state index in [2.05, 4.69) is 54.3 Å². The molecule has 1 aliphatic heterocycles. The molecular weight excluding hydrogens is 410 g/mol. The number of nitrogens with zero attached hydrogens (tertiary/aromatic N) is 3. The molecule has 31 heavy (non-hydrogen) atoms. The van der Waals surface area contributed by atoms with Crippen LogP contribution in [0.3, 0.4) is 0 Å². The van der Waals surface area contributed by atoms with Crippen molar-refractivity contribution in [3.05, 3.63) is 75.4 Å². The average molecular weight is 438 g/mol. The zero-order chi connectivity index (χ0) is 22.0. The highest BCUT2D eigenvalue weighted by Crippen LogP contribution is 2.35. The predicted molar refractivity (Wildman–Crippen MR) is 124 cm³/mol. The van der Waals surface area contributed by atoms with Gasteiger partial charge in [0.1, 0.15) is 5.02 Å². The third-order valence-corrected chi connectivity index (χ3v) is 6.37. The highest BCUT2D eigenvalue weighted by atomic mass is 35.5. The molecule has 1 aromatic heterocycles. The first-order valence-corrected chi connectivity index (χ1v) is 11.2. The molecule has 3 aromatic rings. The number of fused-ring (bicyclic) bond motifs is 1. The number of aromatic nitrogens is 2. The number of carboxylic acid groups (broad SMARTS) is 1. The molecule has 0 saturated heterocycles. The van der Waals surface area contributed by atoms with E-state index in [4.69, 9.17) is 21.8 Å². The summed E-state index contributed by atoms with van der Waals surface area (Å²) in [6.07, 6.45) is 3.75. The Balaban J connectivity index is 1.53. The molecular formula is C25H28ClN3O2. The molecule has 1 aliphatic rings. The molecule has 0 amide bonds. The van der Waals surface area contributed by atoms with Crippen LogP contribution < -0.4 is 4.90 Å². The Hall–Kier alpha value is -2.79. The van der Waals surface area contributed by atoms with Crippen molar-refractivity contribution in [1.82, 2.24) is 9.78 Å². The molecule has 1 N–H and O–H groups in total. The highest BCUT2D eigenvalue weighted by molar-refractivity contribution is 6.33. The number of aryl methyl sites for hydroxylation is 3. The lowest BCUT2D eigenvalue weighted by Gasteiger charge is -2.31. The van der Waals surface area contributed by atoms with E-state index < -0.39 is 5.97 Å². The van der Waals surface area contributed by atoms with Crippen molar-refractivity contribution < 1.29 is 9.90 Å². The number of carboxylic acids is 1. The van der Waals surface area contributed by atoms with Gasteiger partial charge >= 0.3 is 5.97 Å². The van der Waals surface area contributed by atoms with Gasteiger partial charge in [-0.3, -0.25) is 4.79 Å². The van der Waals surface area contributed by atoms with Gasteiger partial charge in [-0.1, -0.05) is 47.5 Å². The summed E-state index contributed by atoms with van der Waals surface area (Å²) in [5.74, 6) is 0.232. The lowest BCUT2D eigenvalue weighted by Crippen LogP contribution is -2.32. The summed E-state index contributed by atoms with van der Waals surface area (Å²) in [6.45, 7) is 5.70. The third kappa shape index (κ3) is 4.77. The van der Waals surface area contributed by atoms with Crippen LogP contribution >= 0.6 is 11.6 Å². The number of carbonyl (C=O) groups is 1. The SMILES string of the molecule is Cc1ccc(-n2nc(C)c(Cl)c2N2CCc3cc(CCCCC(=O)O)ccc3C2)cc1. The van der Waals surface area contributed by atoms with Gasteiger partial charge in [0.05, 0.1) is 11.4 Å². The number of rotatable bonds is 7. The summed E-state index contributed by atoms with van der Waals surface area (Å²) in [5.41, 5.74) is 7.03. The maximum absolute atomic E-state index is 10.7. The second kappa shape index (κ2) is 9.15. The van der Waals surface area contributed by atoms with Crippen LogP contribution in [0.1, 0.15) is 47.2 Å². The zero-order valence-electron chi connectivity index (χ0n) is 18.1. The summed E-state index contributed by atoms with van der Waals surface area (Å²) in [5, 5.41) is 14.2. The molecule has 0 saturated carbocycles. The second-order valence-electron chi connectivity index (χ2n) is 8.35. The van der Waals surface area contributed by atoms with Crippen LogP contribution in [0, 0.1) is 13.8 Å². The molecule has 0 radical (unpaired) electrons. The molecule has 162 valence electrons. The summed E-state index contributed by atoms with van der Waals surface area (Å²) >= 11 is 6.71. The Morgan fingerprint density at radius 2 is 1.87 bits per heavy atom. The van der Waals surface area contributed by atoms with E-state index in [9.17, 15) is 4.79 Å². The topological polar surface area (TPSA) is 58.4 Å². The van der Waals surface area contributed by atoms with Crippen LogP contribution in [0.4, 0.5) is 5.82 Å². The number of aliphatic carboxylic acids is 1. The molecule has 0 aliphatic carbocycles. The number of halogens is 1. The number of anilines is 1. The molecule has 2 aromatic carbocycles. The minimum absolute atomic E-state index is 0.245. The second-order valence-corrected chi connectivity index (χ2v) is 8.72. The molecule has 0 atom stereocenters. The van der Waals surface area contributed by atoms with Crippen molar-refractivity contribution in [2.45, 2.75) is 52.5 Å². The largest absolute Gasteiger partial charge is 0.481 e. The van der Waals surface area contributed by atoms with Gasteiger partial charge in [0.25, 0.3) is 0 Å². The van der Waals surface area contributed by atoms with Crippen molar-refractivity contribution in [2.75, 3.05) is 11.4 Å². The van der Waals surface area contributed by atoms with E-state index in [0.29, 0.717) is 5.02 Å². The fourth-order valence-corrected chi connectivity index (χ4v) is 4.42. The minimum Gasteiger partial charge on any atom is -0.481 e. The molecule has 5 nitrogen and oxygen atoms in total. The fourth-order valence-electron chi connectivity index (χ4n) is 4.18. The Morgan fingerprint density at radius 1 is 1.10 bits per heavy atom. The fraction of sp³-hybridized carbons (Fsp3) is 0.360. The van der Waals surface area contributed by atoms with Crippen LogP contribution in [0.15, 0.2) is 42.5 Å². The summed E-state index contributed by atoms with van der Waals surface area (Å²) in [7, 11) is 0. The van der Waals surface area contributed by atoms with E-state index in [1.807, 2.05) is 11.6 Å². The monoisotopic (exact) mass is 437 g/mol. The third-order valence-electron chi connectivity index (χ3n) is 5.93. The Bertz CT molecular complexity index is 1090. The van der Waals surface area contributed by atoms with Crippen molar-refractivity contribution in [2.24, 2.45) is 0 Å². The van der Waals surface area contributed by atoms with Gasteiger partial charge in [0.15, 0.2) is 5.82 Å². The van der Waals surface area contributed by atoms with Crippen LogP contribution in [0.25, 0.3) is 5.69 Å². The number of benzene rings is 2. The van der Waals surface area contributed by atoms with Gasteiger partial charge in [0.2, 0.25) is 0 Å². The van der Waals surface area contributed by atoms with Crippen molar-refractivity contribution in [1.29, 1.82) is 0 Å². The predicted octanol–water partition coefficient (Wildman–Crippen LogP) is 5.50. The zero-order valence-corrected chi connectivity index (χ0v) is 18.8. The molecule has 0 spiro atoms. The quantitative estimate of drug-likeness (QED) is 0.495. The lowest BCUT2D eigenvalue weighted by atomic mass is 9.95. The van der Waals surface area contributed by atoms with Crippen LogP contribution in [0.5, 0.6) is 0 Å². The van der Waals surface area contributed by atoms with E-state index >= 15 is 0 Å². The Kier molecular flexibility index (Phi) is 6.33. The molecule has 0 unspecified atom stereocenters. The Morgan fingerprint density at radius 3 is 2.61 bits per heavy atom. The van der Waals surface area contributed by atoms with Crippen molar-refractivity contribution >= 4 is 23.4 Å². The van der Waals surface area contributed by atoms with Crippen molar-refractivity contribution in [3.63, 3.8) is 0 Å².